The molecule has 2 rings (SSSR count). The lowest BCUT2D eigenvalue weighted by molar-refractivity contribution is 0.664. The van der Waals surface area contributed by atoms with Crippen molar-refractivity contribution in [1.29, 1.82) is 0 Å². The van der Waals surface area contributed by atoms with Crippen LogP contribution in [0.4, 0.5) is 0 Å². The minimum atomic E-state index is 0.471. The van der Waals surface area contributed by atoms with Gasteiger partial charge in [-0.25, -0.2) is 0 Å². The fourth-order valence-electron chi connectivity index (χ4n) is 2.28. The van der Waals surface area contributed by atoms with E-state index >= 15 is 0 Å². The molecule has 0 saturated heterocycles. The smallest absolute Gasteiger partial charge is 0.0378 e. The highest BCUT2D eigenvalue weighted by atomic mass is 14.9. The van der Waals surface area contributed by atoms with E-state index in [9.17, 15) is 0 Å². The molecule has 2 aliphatic rings. The average Bonchev–Trinajstić information content (AvgIpc) is 2.59. The molecule has 90 valence electrons. The Kier molecular flexibility index (Phi) is 3.37. The topological polar surface area (TPSA) is 12.0 Å². The van der Waals surface area contributed by atoms with Crippen molar-refractivity contribution in [3.05, 3.63) is 59.5 Å². The van der Waals surface area contributed by atoms with Crippen LogP contribution in [-0.2, 0) is 0 Å². The summed E-state index contributed by atoms with van der Waals surface area (Å²) in [4.78, 5) is 0. The lowest BCUT2D eigenvalue weighted by atomic mass is 9.79. The predicted molar refractivity (Wildman–Crippen MR) is 74.3 cm³/mol. The lowest BCUT2D eigenvalue weighted by Crippen LogP contribution is -2.28. The molecule has 2 atom stereocenters. The first-order chi connectivity index (χ1) is 8.13. The van der Waals surface area contributed by atoms with E-state index < -0.39 is 0 Å². The SMILES string of the molecule is C=C1C(C)=C(NC2=CC=CC(CC)C=C2)C1C. The summed E-state index contributed by atoms with van der Waals surface area (Å²) in [5.41, 5.74) is 5.06. The van der Waals surface area contributed by atoms with E-state index in [1.807, 2.05) is 0 Å². The molecule has 1 N–H and O–H groups in total. The molecule has 0 aliphatic heterocycles. The number of allylic oxidation sites excluding steroid dienone is 7. The number of hydrogen-bond donors (Lipinski definition) is 1. The summed E-state index contributed by atoms with van der Waals surface area (Å²) < 4.78 is 0. The monoisotopic (exact) mass is 227 g/mol. The second-order valence-electron chi connectivity index (χ2n) is 4.85. The molecular formula is C16H21N. The molecule has 0 heterocycles. The van der Waals surface area contributed by atoms with Gasteiger partial charge in [-0.15, -0.1) is 0 Å². The number of nitrogens with one attached hydrogen (secondary N) is 1. The van der Waals surface area contributed by atoms with E-state index in [1.165, 1.54) is 22.5 Å². The quantitative estimate of drug-likeness (QED) is 0.765. The largest absolute Gasteiger partial charge is 0.358 e. The number of rotatable bonds is 3. The van der Waals surface area contributed by atoms with Crippen LogP contribution in [0.2, 0.25) is 0 Å². The first-order valence-electron chi connectivity index (χ1n) is 6.37. The van der Waals surface area contributed by atoms with Crippen LogP contribution in [0.15, 0.2) is 59.5 Å². The van der Waals surface area contributed by atoms with Crippen LogP contribution in [0.25, 0.3) is 0 Å². The summed E-state index contributed by atoms with van der Waals surface area (Å²) >= 11 is 0. The van der Waals surface area contributed by atoms with Gasteiger partial charge in [0.25, 0.3) is 0 Å². The van der Waals surface area contributed by atoms with Crippen molar-refractivity contribution in [2.45, 2.75) is 27.2 Å². The molecule has 0 aromatic heterocycles. The van der Waals surface area contributed by atoms with Gasteiger partial charge in [0, 0.05) is 17.3 Å². The van der Waals surface area contributed by atoms with E-state index in [0.717, 1.165) is 6.42 Å². The van der Waals surface area contributed by atoms with Crippen LogP contribution < -0.4 is 5.32 Å². The molecule has 17 heavy (non-hydrogen) atoms. The molecule has 2 unspecified atom stereocenters. The maximum absolute atomic E-state index is 4.06. The standard InChI is InChI=1S/C16H21N/c1-5-14-7-6-8-15(10-9-14)17-16-12(3)11(2)13(16)4/h6-10,12,14,17H,2,5H2,1,3-4H3. The highest BCUT2D eigenvalue weighted by Gasteiger charge is 2.26. The van der Waals surface area contributed by atoms with Crippen LogP contribution in [-0.4, -0.2) is 0 Å². The Morgan fingerprint density at radius 1 is 1.35 bits per heavy atom. The van der Waals surface area contributed by atoms with Gasteiger partial charge in [0.15, 0.2) is 0 Å². The summed E-state index contributed by atoms with van der Waals surface area (Å²) in [6.07, 6.45) is 12.1. The third-order valence-corrected chi connectivity index (χ3v) is 3.75. The van der Waals surface area contributed by atoms with Gasteiger partial charge in [0.1, 0.15) is 0 Å². The van der Waals surface area contributed by atoms with Gasteiger partial charge in [-0.1, -0.05) is 38.7 Å². The van der Waals surface area contributed by atoms with E-state index in [4.69, 9.17) is 0 Å². The van der Waals surface area contributed by atoms with Crippen molar-refractivity contribution in [1.82, 2.24) is 5.32 Å². The molecule has 0 amide bonds. The Labute approximate surface area is 104 Å². The van der Waals surface area contributed by atoms with Crippen molar-refractivity contribution in [3.8, 4) is 0 Å². The lowest BCUT2D eigenvalue weighted by Gasteiger charge is -2.33. The zero-order valence-electron chi connectivity index (χ0n) is 11.0. The molecule has 0 aromatic carbocycles. The normalized spacial score (nSPS) is 27.7. The third-order valence-electron chi connectivity index (χ3n) is 3.75. The predicted octanol–water partition coefficient (Wildman–Crippen LogP) is 4.09. The molecule has 2 aliphatic carbocycles. The van der Waals surface area contributed by atoms with Gasteiger partial charge in [-0.3, -0.25) is 0 Å². The van der Waals surface area contributed by atoms with Crippen molar-refractivity contribution >= 4 is 0 Å². The first-order valence-corrected chi connectivity index (χ1v) is 6.37. The molecule has 0 radical (unpaired) electrons. The van der Waals surface area contributed by atoms with Gasteiger partial charge in [0.05, 0.1) is 0 Å². The maximum Gasteiger partial charge on any atom is 0.0378 e. The third kappa shape index (κ3) is 2.28. The molecule has 0 fully saturated rings. The van der Waals surface area contributed by atoms with Gasteiger partial charge < -0.3 is 5.32 Å². The minimum Gasteiger partial charge on any atom is -0.358 e. The van der Waals surface area contributed by atoms with Gasteiger partial charge >= 0.3 is 0 Å². The van der Waals surface area contributed by atoms with Gasteiger partial charge in [-0.2, -0.15) is 0 Å². The Morgan fingerprint density at radius 2 is 2.12 bits per heavy atom. The second kappa shape index (κ2) is 4.79. The first kappa shape index (κ1) is 12.0. The highest BCUT2D eigenvalue weighted by molar-refractivity contribution is 5.49. The van der Waals surface area contributed by atoms with E-state index in [0.29, 0.717) is 11.8 Å². The minimum absolute atomic E-state index is 0.471. The Bertz CT molecular complexity index is 446. The van der Waals surface area contributed by atoms with Crippen LogP contribution in [0.5, 0.6) is 0 Å². The van der Waals surface area contributed by atoms with E-state index in [1.54, 1.807) is 0 Å². The maximum atomic E-state index is 4.06. The zero-order chi connectivity index (χ0) is 12.4. The average molecular weight is 227 g/mol. The zero-order valence-corrected chi connectivity index (χ0v) is 11.0. The molecule has 0 saturated carbocycles. The summed E-state index contributed by atoms with van der Waals surface area (Å²) in [5, 5.41) is 3.51. The van der Waals surface area contributed by atoms with Crippen molar-refractivity contribution in [2.24, 2.45) is 11.8 Å². The van der Waals surface area contributed by atoms with Crippen LogP contribution in [0.1, 0.15) is 27.2 Å². The van der Waals surface area contributed by atoms with Crippen molar-refractivity contribution < 1.29 is 0 Å². The van der Waals surface area contributed by atoms with Crippen LogP contribution in [0, 0.1) is 11.8 Å². The summed E-state index contributed by atoms with van der Waals surface area (Å²) in [6.45, 7) is 10.6. The van der Waals surface area contributed by atoms with Crippen LogP contribution >= 0.6 is 0 Å². The molecular weight excluding hydrogens is 206 g/mol. The Balaban J connectivity index is 2.09. The number of hydrogen-bond acceptors (Lipinski definition) is 1. The fourth-order valence-corrected chi connectivity index (χ4v) is 2.28. The molecule has 1 nitrogen and oxygen atoms in total. The van der Waals surface area contributed by atoms with Crippen molar-refractivity contribution in [3.63, 3.8) is 0 Å². The molecule has 1 heteroatoms. The summed E-state index contributed by atoms with van der Waals surface area (Å²) in [7, 11) is 0. The summed E-state index contributed by atoms with van der Waals surface area (Å²) in [5.74, 6) is 1.04. The van der Waals surface area contributed by atoms with Gasteiger partial charge in [0.2, 0.25) is 0 Å². The van der Waals surface area contributed by atoms with Crippen LogP contribution in [0.3, 0.4) is 0 Å². The summed E-state index contributed by atoms with van der Waals surface area (Å²) in [6, 6.07) is 0. The van der Waals surface area contributed by atoms with E-state index in [2.05, 4.69) is 63.0 Å². The van der Waals surface area contributed by atoms with Gasteiger partial charge in [-0.05, 0) is 42.6 Å². The Morgan fingerprint density at radius 3 is 2.76 bits per heavy atom. The molecule has 0 spiro atoms. The molecule has 0 aromatic rings. The molecule has 0 bridgehead atoms. The Hall–Kier alpha value is -1.50. The van der Waals surface area contributed by atoms with E-state index in [-0.39, 0.29) is 0 Å². The van der Waals surface area contributed by atoms with Crippen molar-refractivity contribution in [2.75, 3.05) is 0 Å². The highest BCUT2D eigenvalue weighted by Crippen LogP contribution is 2.37. The fraction of sp³-hybridized carbons (Fsp3) is 0.375. The second-order valence-corrected chi connectivity index (χ2v) is 4.85.